The Labute approximate surface area is 258 Å². The number of carbonyl (C=O) groups is 4. The van der Waals surface area contributed by atoms with Gasteiger partial charge in [-0.25, -0.2) is 5.01 Å². The molecule has 4 aromatic carbocycles. The molecule has 0 saturated carbocycles. The van der Waals surface area contributed by atoms with E-state index in [4.69, 9.17) is 23.2 Å². The SMILES string of the molecule is Cc1ccc(C(=O)CN(C(=O)c2ccc(Cl)cc2Cl)N2C(=O)[C@@H]3C4c5ccccc5C(c5ccccc54)[C@@H]3C2=O)cc1C. The summed E-state index contributed by atoms with van der Waals surface area (Å²) in [6.45, 7) is 3.31. The van der Waals surface area contributed by atoms with Crippen molar-refractivity contribution in [2.75, 3.05) is 6.54 Å². The first-order valence-corrected chi connectivity index (χ1v) is 14.9. The Morgan fingerprint density at radius 1 is 0.721 bits per heavy atom. The highest BCUT2D eigenvalue weighted by atomic mass is 35.5. The highest BCUT2D eigenvalue weighted by Gasteiger charge is 2.63. The fraction of sp³-hybridized carbons (Fsp3) is 0.200. The van der Waals surface area contributed by atoms with E-state index in [0.717, 1.165) is 43.4 Å². The number of hydrogen-bond donors (Lipinski definition) is 0. The summed E-state index contributed by atoms with van der Waals surface area (Å²) in [7, 11) is 0. The zero-order valence-corrected chi connectivity index (χ0v) is 24.9. The van der Waals surface area contributed by atoms with Gasteiger partial charge in [-0.15, -0.1) is 0 Å². The van der Waals surface area contributed by atoms with Crippen LogP contribution in [0.25, 0.3) is 0 Å². The van der Waals surface area contributed by atoms with Gasteiger partial charge in [0.25, 0.3) is 17.7 Å². The van der Waals surface area contributed by atoms with Crippen molar-refractivity contribution in [3.05, 3.63) is 139 Å². The molecule has 0 spiro atoms. The van der Waals surface area contributed by atoms with Crippen LogP contribution in [0, 0.1) is 25.7 Å². The number of hydrazine groups is 1. The van der Waals surface area contributed by atoms with Crippen molar-refractivity contribution in [1.82, 2.24) is 10.0 Å². The minimum atomic E-state index is -0.735. The van der Waals surface area contributed by atoms with Gasteiger partial charge in [-0.3, -0.25) is 19.2 Å². The van der Waals surface area contributed by atoms with E-state index in [1.807, 2.05) is 68.4 Å². The van der Waals surface area contributed by atoms with E-state index in [-0.39, 0.29) is 22.4 Å². The molecule has 0 N–H and O–H groups in total. The molecule has 6 nitrogen and oxygen atoms in total. The van der Waals surface area contributed by atoms with Gasteiger partial charge in [0.2, 0.25) is 0 Å². The van der Waals surface area contributed by atoms with Gasteiger partial charge in [0.15, 0.2) is 5.78 Å². The maximum Gasteiger partial charge on any atom is 0.274 e. The Balaban J connectivity index is 1.34. The summed E-state index contributed by atoms with van der Waals surface area (Å²) in [5.74, 6) is -4.27. The second-order valence-electron chi connectivity index (χ2n) is 11.5. The molecule has 214 valence electrons. The maximum atomic E-state index is 14.4. The van der Waals surface area contributed by atoms with E-state index in [9.17, 15) is 19.2 Å². The Kier molecular flexibility index (Phi) is 6.53. The third-order valence-electron chi connectivity index (χ3n) is 9.18. The number of imide groups is 1. The van der Waals surface area contributed by atoms with Gasteiger partial charge >= 0.3 is 0 Å². The van der Waals surface area contributed by atoms with Crippen LogP contribution in [0.4, 0.5) is 0 Å². The van der Waals surface area contributed by atoms with Gasteiger partial charge < -0.3 is 0 Å². The van der Waals surface area contributed by atoms with Crippen molar-refractivity contribution in [3.63, 3.8) is 0 Å². The van der Waals surface area contributed by atoms with Crippen LogP contribution in [0.5, 0.6) is 0 Å². The minimum absolute atomic E-state index is 0.0315. The lowest BCUT2D eigenvalue weighted by Crippen LogP contribution is -2.52. The van der Waals surface area contributed by atoms with Crippen molar-refractivity contribution in [2.24, 2.45) is 11.8 Å². The first kappa shape index (κ1) is 27.6. The third kappa shape index (κ3) is 4.15. The normalized spacial score (nSPS) is 21.3. The molecule has 4 aliphatic rings. The highest BCUT2D eigenvalue weighted by molar-refractivity contribution is 6.36. The van der Waals surface area contributed by atoms with Gasteiger partial charge in [0.1, 0.15) is 6.54 Å². The number of Topliss-reactive ketones (excluding diaryl/α,β-unsaturated/α-hetero) is 1. The molecule has 0 radical (unpaired) electrons. The highest BCUT2D eigenvalue weighted by Crippen LogP contribution is 2.61. The van der Waals surface area contributed by atoms with Crippen LogP contribution >= 0.6 is 23.2 Å². The molecule has 0 unspecified atom stereocenters. The minimum Gasteiger partial charge on any atom is -0.292 e. The molecule has 2 bridgehead atoms. The van der Waals surface area contributed by atoms with Gasteiger partial charge in [0.05, 0.1) is 22.4 Å². The van der Waals surface area contributed by atoms with Crippen LogP contribution in [-0.4, -0.2) is 40.1 Å². The zero-order chi connectivity index (χ0) is 30.2. The van der Waals surface area contributed by atoms with Crippen LogP contribution in [0.3, 0.4) is 0 Å². The number of halogens is 2. The Morgan fingerprint density at radius 3 is 1.74 bits per heavy atom. The van der Waals surface area contributed by atoms with Crippen LogP contribution in [-0.2, 0) is 9.59 Å². The number of aryl methyl sites for hydroxylation is 2. The average Bonchev–Trinajstić information content (AvgIpc) is 3.26. The predicted molar refractivity (Wildman–Crippen MR) is 163 cm³/mol. The smallest absolute Gasteiger partial charge is 0.274 e. The first-order chi connectivity index (χ1) is 20.7. The van der Waals surface area contributed by atoms with E-state index in [1.54, 1.807) is 12.1 Å². The van der Waals surface area contributed by atoms with E-state index >= 15 is 0 Å². The molecule has 3 aliphatic carbocycles. The molecule has 1 heterocycles. The number of rotatable bonds is 5. The molecule has 0 aromatic heterocycles. The predicted octanol–water partition coefficient (Wildman–Crippen LogP) is 6.74. The second-order valence-corrected chi connectivity index (χ2v) is 12.3. The molecule has 3 amide bonds. The van der Waals surface area contributed by atoms with Gasteiger partial charge in [-0.05, 0) is 71.5 Å². The third-order valence-corrected chi connectivity index (χ3v) is 9.73. The second kappa shape index (κ2) is 10.2. The Bertz CT molecular complexity index is 1770. The maximum absolute atomic E-state index is 14.4. The van der Waals surface area contributed by atoms with E-state index in [0.29, 0.717) is 10.6 Å². The lowest BCUT2D eigenvalue weighted by Gasteiger charge is -2.45. The van der Waals surface area contributed by atoms with Gasteiger partial charge in [0, 0.05) is 22.4 Å². The molecule has 1 saturated heterocycles. The first-order valence-electron chi connectivity index (χ1n) is 14.1. The number of benzene rings is 4. The summed E-state index contributed by atoms with van der Waals surface area (Å²) in [6.07, 6.45) is 0. The topological polar surface area (TPSA) is 74.8 Å². The summed E-state index contributed by atoms with van der Waals surface area (Å²) < 4.78 is 0. The zero-order valence-electron chi connectivity index (χ0n) is 23.4. The van der Waals surface area contributed by atoms with E-state index in [2.05, 4.69) is 0 Å². The summed E-state index contributed by atoms with van der Waals surface area (Å²) in [5, 5.41) is 2.27. The van der Waals surface area contributed by atoms with Crippen molar-refractivity contribution in [3.8, 4) is 0 Å². The molecule has 2 atom stereocenters. The van der Waals surface area contributed by atoms with Gasteiger partial charge in [-0.2, -0.15) is 5.01 Å². The largest absolute Gasteiger partial charge is 0.292 e. The summed E-state index contributed by atoms with van der Waals surface area (Å²) in [5.41, 5.74) is 6.39. The van der Waals surface area contributed by atoms with E-state index < -0.39 is 41.9 Å². The number of hydrogen-bond acceptors (Lipinski definition) is 4. The lowest BCUT2D eigenvalue weighted by atomic mass is 9.55. The molecule has 8 rings (SSSR count). The molecule has 4 aromatic rings. The van der Waals surface area contributed by atoms with Crippen molar-refractivity contribution >= 4 is 46.7 Å². The number of amides is 3. The number of carbonyl (C=O) groups excluding carboxylic acids is 4. The fourth-order valence-corrected chi connectivity index (χ4v) is 7.57. The number of ketones is 1. The fourth-order valence-electron chi connectivity index (χ4n) is 7.08. The number of nitrogens with zero attached hydrogens (tertiary/aromatic N) is 2. The summed E-state index contributed by atoms with van der Waals surface area (Å²) in [6, 6.07) is 25.4. The monoisotopic (exact) mass is 608 g/mol. The quantitative estimate of drug-likeness (QED) is 0.186. The van der Waals surface area contributed by atoms with Crippen molar-refractivity contribution < 1.29 is 19.2 Å². The summed E-state index contributed by atoms with van der Waals surface area (Å²) in [4.78, 5) is 56.7. The Morgan fingerprint density at radius 2 is 1.26 bits per heavy atom. The molecule has 43 heavy (non-hydrogen) atoms. The van der Waals surface area contributed by atoms with Crippen LogP contribution < -0.4 is 0 Å². The van der Waals surface area contributed by atoms with E-state index in [1.165, 1.54) is 18.2 Å². The molecule has 1 aliphatic heterocycles. The molecular formula is C35H26Cl2N2O4. The standard InChI is InChI=1S/C35H26Cl2N2O4/c1-18-11-12-20(15-19(18)2)28(40)17-38(33(41)26-14-13-21(36)16-27(26)37)39-34(42)31-29-22-7-3-4-8-23(22)30(32(31)35(39)43)25-10-6-5-9-24(25)29/h3-16,29-32H,17H2,1-2H3/t29?,30?,31-,32+. The lowest BCUT2D eigenvalue weighted by molar-refractivity contribution is -0.154. The summed E-state index contributed by atoms with van der Waals surface area (Å²) >= 11 is 12.5. The molecule has 1 fully saturated rings. The molecule has 8 heteroatoms. The van der Waals surface area contributed by atoms with Crippen LogP contribution in [0.1, 0.15) is 65.9 Å². The van der Waals surface area contributed by atoms with Crippen LogP contribution in [0.2, 0.25) is 10.0 Å². The van der Waals surface area contributed by atoms with Crippen LogP contribution in [0.15, 0.2) is 84.9 Å². The average molecular weight is 610 g/mol. The van der Waals surface area contributed by atoms with Crippen molar-refractivity contribution in [2.45, 2.75) is 25.7 Å². The Hall–Kier alpha value is -4.26. The van der Waals surface area contributed by atoms with Gasteiger partial charge in [-0.1, -0.05) is 83.9 Å². The molecular weight excluding hydrogens is 583 g/mol. The van der Waals surface area contributed by atoms with Crippen molar-refractivity contribution in [1.29, 1.82) is 0 Å².